The molecule has 0 atom stereocenters. The van der Waals surface area contributed by atoms with Crippen LogP contribution in [0.15, 0.2) is 30.3 Å². The number of benzene rings is 2. The smallest absolute Gasteiger partial charge is 0.126 e. The maximum Gasteiger partial charge on any atom is 0.126 e. The van der Waals surface area contributed by atoms with Crippen LogP contribution in [0.3, 0.4) is 0 Å². The zero-order valence-electron chi connectivity index (χ0n) is 6.76. The third-order valence-corrected chi connectivity index (χ3v) is 2.03. The second kappa shape index (κ2) is 2.59. The van der Waals surface area contributed by atoms with E-state index in [1.807, 2.05) is 12.1 Å². The van der Waals surface area contributed by atoms with Gasteiger partial charge < -0.3 is 0 Å². The quantitative estimate of drug-likeness (QED) is 0.554. The first-order chi connectivity index (χ1) is 5.79. The van der Waals surface area contributed by atoms with Crippen molar-refractivity contribution in [1.29, 1.82) is 0 Å². The van der Waals surface area contributed by atoms with E-state index in [0.717, 1.165) is 10.8 Å². The maximum absolute atomic E-state index is 13.0. The second-order valence-electron chi connectivity index (χ2n) is 2.81. The lowest BCUT2D eigenvalue weighted by Gasteiger charge is -2.01. The van der Waals surface area contributed by atoms with Gasteiger partial charge in [0.15, 0.2) is 0 Å². The van der Waals surface area contributed by atoms with Gasteiger partial charge in [-0.3, -0.25) is 0 Å². The molecule has 2 aromatic rings. The summed E-state index contributed by atoms with van der Waals surface area (Å²) < 4.78 is 13.0. The molecule has 0 saturated heterocycles. The molecule has 12 heavy (non-hydrogen) atoms. The van der Waals surface area contributed by atoms with Gasteiger partial charge in [0.2, 0.25) is 0 Å². The molecule has 1 heteroatoms. The Kier molecular flexibility index (Phi) is 1.58. The van der Waals surface area contributed by atoms with E-state index < -0.39 is 0 Å². The van der Waals surface area contributed by atoms with Crippen LogP contribution in [0, 0.1) is 18.8 Å². The van der Waals surface area contributed by atoms with Crippen molar-refractivity contribution in [2.75, 3.05) is 0 Å². The Morgan fingerprint density at radius 2 is 2.08 bits per heavy atom. The lowest BCUT2D eigenvalue weighted by atomic mass is 10.1. The van der Waals surface area contributed by atoms with Crippen molar-refractivity contribution >= 4 is 10.8 Å². The van der Waals surface area contributed by atoms with Crippen molar-refractivity contribution in [3.63, 3.8) is 0 Å². The van der Waals surface area contributed by atoms with E-state index >= 15 is 0 Å². The molecular weight excluding hydrogens is 151 g/mol. The Morgan fingerprint density at radius 1 is 1.25 bits per heavy atom. The van der Waals surface area contributed by atoms with E-state index in [4.69, 9.17) is 0 Å². The molecule has 0 aliphatic rings. The molecule has 0 nitrogen and oxygen atoms in total. The lowest BCUT2D eigenvalue weighted by Crippen LogP contribution is -1.83. The van der Waals surface area contributed by atoms with Crippen LogP contribution in [0.25, 0.3) is 10.8 Å². The molecule has 0 aromatic heterocycles. The first-order valence-corrected chi connectivity index (χ1v) is 3.84. The summed E-state index contributed by atoms with van der Waals surface area (Å²) >= 11 is 0. The van der Waals surface area contributed by atoms with Gasteiger partial charge in [-0.25, -0.2) is 4.39 Å². The molecule has 0 aliphatic carbocycles. The second-order valence-corrected chi connectivity index (χ2v) is 2.81. The molecule has 0 N–H and O–H groups in total. The van der Waals surface area contributed by atoms with Crippen LogP contribution in [-0.2, 0) is 0 Å². The minimum Gasteiger partial charge on any atom is -0.207 e. The Bertz CT molecular complexity index is 418. The zero-order chi connectivity index (χ0) is 8.55. The minimum atomic E-state index is -0.162. The SMILES string of the molecule is Cc1c(F)ccc2ccc[c]c12. The van der Waals surface area contributed by atoms with Crippen molar-refractivity contribution in [2.24, 2.45) is 0 Å². The van der Waals surface area contributed by atoms with Crippen molar-refractivity contribution < 1.29 is 4.39 Å². The number of hydrogen-bond donors (Lipinski definition) is 0. The first kappa shape index (κ1) is 7.29. The van der Waals surface area contributed by atoms with Crippen molar-refractivity contribution in [3.05, 3.63) is 47.8 Å². The molecule has 0 spiro atoms. The fraction of sp³-hybridized carbons (Fsp3) is 0.0909. The van der Waals surface area contributed by atoms with Gasteiger partial charge in [-0.2, -0.15) is 0 Å². The third kappa shape index (κ3) is 0.981. The fourth-order valence-corrected chi connectivity index (χ4v) is 1.32. The van der Waals surface area contributed by atoms with Gasteiger partial charge >= 0.3 is 0 Å². The molecule has 1 radical (unpaired) electrons. The molecule has 0 heterocycles. The van der Waals surface area contributed by atoms with Crippen LogP contribution in [0.5, 0.6) is 0 Å². The number of rotatable bonds is 0. The van der Waals surface area contributed by atoms with Gasteiger partial charge in [-0.1, -0.05) is 24.3 Å². The number of fused-ring (bicyclic) bond motifs is 1. The molecule has 2 rings (SSSR count). The molecule has 0 unspecified atom stereocenters. The van der Waals surface area contributed by atoms with E-state index in [0.29, 0.717) is 5.56 Å². The predicted octanol–water partition coefficient (Wildman–Crippen LogP) is 3.09. The van der Waals surface area contributed by atoms with Crippen LogP contribution in [0.4, 0.5) is 4.39 Å². The van der Waals surface area contributed by atoms with Crippen molar-refractivity contribution in [3.8, 4) is 0 Å². The molecule has 0 aliphatic heterocycles. The van der Waals surface area contributed by atoms with E-state index in [2.05, 4.69) is 6.07 Å². The largest absolute Gasteiger partial charge is 0.207 e. The molecular formula is C11H8F. The summed E-state index contributed by atoms with van der Waals surface area (Å²) in [6, 6.07) is 11.9. The zero-order valence-corrected chi connectivity index (χ0v) is 6.76. The molecule has 59 valence electrons. The van der Waals surface area contributed by atoms with Crippen LogP contribution >= 0.6 is 0 Å². The van der Waals surface area contributed by atoms with Crippen LogP contribution in [0.1, 0.15) is 5.56 Å². The Morgan fingerprint density at radius 3 is 2.92 bits per heavy atom. The van der Waals surface area contributed by atoms with Gasteiger partial charge in [0, 0.05) is 0 Å². The summed E-state index contributed by atoms with van der Waals surface area (Å²) in [6.45, 7) is 1.77. The van der Waals surface area contributed by atoms with E-state index in [9.17, 15) is 4.39 Å². The topological polar surface area (TPSA) is 0 Å². The molecule has 0 fully saturated rings. The van der Waals surface area contributed by atoms with Gasteiger partial charge in [0.25, 0.3) is 0 Å². The highest BCUT2D eigenvalue weighted by atomic mass is 19.1. The van der Waals surface area contributed by atoms with Crippen LogP contribution in [0.2, 0.25) is 0 Å². The van der Waals surface area contributed by atoms with Gasteiger partial charge in [0.1, 0.15) is 5.82 Å². The third-order valence-electron chi connectivity index (χ3n) is 2.03. The molecule has 0 amide bonds. The van der Waals surface area contributed by atoms with Crippen LogP contribution in [-0.4, -0.2) is 0 Å². The normalized spacial score (nSPS) is 10.5. The summed E-state index contributed by atoms with van der Waals surface area (Å²) in [6.07, 6.45) is 0. The number of aryl methyl sites for hydroxylation is 1. The maximum atomic E-state index is 13.0. The minimum absolute atomic E-state index is 0.162. The Balaban J connectivity index is 2.91. The highest BCUT2D eigenvalue weighted by Gasteiger charge is 2.00. The predicted molar refractivity (Wildman–Crippen MR) is 47.5 cm³/mol. The Hall–Kier alpha value is -1.37. The summed E-state index contributed by atoms with van der Waals surface area (Å²) in [7, 11) is 0. The lowest BCUT2D eigenvalue weighted by molar-refractivity contribution is 0.621. The average Bonchev–Trinajstić information content (AvgIpc) is 2.12. The fourth-order valence-electron chi connectivity index (χ4n) is 1.32. The van der Waals surface area contributed by atoms with Crippen LogP contribution < -0.4 is 0 Å². The highest BCUT2D eigenvalue weighted by Crippen LogP contribution is 2.19. The first-order valence-electron chi connectivity index (χ1n) is 3.84. The van der Waals surface area contributed by atoms with Gasteiger partial charge in [-0.05, 0) is 35.4 Å². The number of hydrogen-bond acceptors (Lipinski definition) is 0. The van der Waals surface area contributed by atoms with E-state index in [-0.39, 0.29) is 5.82 Å². The summed E-state index contributed by atoms with van der Waals surface area (Å²) in [5.74, 6) is -0.162. The van der Waals surface area contributed by atoms with E-state index in [1.54, 1.807) is 19.1 Å². The summed E-state index contributed by atoms with van der Waals surface area (Å²) in [5, 5.41) is 1.91. The molecule has 2 aromatic carbocycles. The van der Waals surface area contributed by atoms with E-state index in [1.165, 1.54) is 6.07 Å². The van der Waals surface area contributed by atoms with Gasteiger partial charge in [0.05, 0.1) is 0 Å². The molecule has 0 bridgehead atoms. The summed E-state index contributed by atoms with van der Waals surface area (Å²) in [5.41, 5.74) is 0.674. The summed E-state index contributed by atoms with van der Waals surface area (Å²) in [4.78, 5) is 0. The highest BCUT2D eigenvalue weighted by molar-refractivity contribution is 5.84. The van der Waals surface area contributed by atoms with Crippen molar-refractivity contribution in [1.82, 2.24) is 0 Å². The molecule has 0 saturated carbocycles. The van der Waals surface area contributed by atoms with Gasteiger partial charge in [-0.15, -0.1) is 0 Å². The van der Waals surface area contributed by atoms with Crippen molar-refractivity contribution in [2.45, 2.75) is 6.92 Å². The Labute approximate surface area is 70.6 Å². The monoisotopic (exact) mass is 159 g/mol. The average molecular weight is 159 g/mol. The number of halogens is 1. The standard InChI is InChI=1S/C11H8F/c1-8-10-5-3-2-4-9(10)6-7-11(8)12/h2-4,6-7H,1H3.